The Morgan fingerprint density at radius 2 is 2.03 bits per heavy atom. The number of anilines is 4. The van der Waals surface area contributed by atoms with Crippen LogP contribution in [0, 0.1) is 0 Å². The zero-order valence-electron chi connectivity index (χ0n) is 20.0. The monoisotopic (exact) mass is 492 g/mol. The first-order valence-electron chi connectivity index (χ1n) is 11.6. The molecule has 4 rings (SSSR count). The first kappa shape index (κ1) is 24.9. The minimum atomic E-state index is -0.318. The van der Waals surface area contributed by atoms with Crippen molar-refractivity contribution in [2.45, 2.75) is 12.5 Å². The average molecular weight is 493 g/mol. The van der Waals surface area contributed by atoms with Crippen LogP contribution >= 0.6 is 0 Å². The van der Waals surface area contributed by atoms with E-state index in [-0.39, 0.29) is 18.5 Å². The Morgan fingerprint density at radius 1 is 1.22 bits per heavy atom. The predicted molar refractivity (Wildman–Crippen MR) is 138 cm³/mol. The maximum atomic E-state index is 12.6. The van der Waals surface area contributed by atoms with Crippen LogP contribution < -0.4 is 25.4 Å². The largest absolute Gasteiger partial charge is 0.490 e. The molecule has 0 aliphatic carbocycles. The molecule has 1 aromatic heterocycles. The number of halogens is 1. The lowest BCUT2D eigenvalue weighted by atomic mass is 10.2. The van der Waals surface area contributed by atoms with Crippen molar-refractivity contribution < 1.29 is 18.7 Å². The lowest BCUT2D eigenvalue weighted by Crippen LogP contribution is -2.27. The van der Waals surface area contributed by atoms with E-state index in [0.29, 0.717) is 35.7 Å². The Morgan fingerprint density at radius 3 is 2.78 bits per heavy atom. The molecule has 1 amide bonds. The fourth-order valence-corrected chi connectivity index (χ4v) is 3.86. The van der Waals surface area contributed by atoms with Gasteiger partial charge in [0.25, 0.3) is 5.88 Å². The van der Waals surface area contributed by atoms with Crippen LogP contribution in [0.5, 0.6) is 17.4 Å². The molecule has 2 heterocycles. The van der Waals surface area contributed by atoms with Crippen LogP contribution in [0.1, 0.15) is 6.42 Å². The second-order valence-electron chi connectivity index (χ2n) is 8.21. The van der Waals surface area contributed by atoms with Crippen LogP contribution in [0.4, 0.5) is 27.4 Å². The molecule has 0 radical (unpaired) electrons. The Labute approximate surface area is 209 Å². The number of ether oxygens (including phenoxy) is 2. The van der Waals surface area contributed by atoms with E-state index in [0.717, 1.165) is 30.9 Å². The van der Waals surface area contributed by atoms with Crippen LogP contribution in [0.3, 0.4) is 0 Å². The van der Waals surface area contributed by atoms with Gasteiger partial charge in [0.1, 0.15) is 12.4 Å². The maximum Gasteiger partial charge on any atom is 0.267 e. The van der Waals surface area contributed by atoms with Crippen molar-refractivity contribution in [1.29, 1.82) is 0 Å². The van der Waals surface area contributed by atoms with Gasteiger partial charge in [-0.3, -0.25) is 9.69 Å². The lowest BCUT2D eigenvalue weighted by Gasteiger charge is -2.16. The molecule has 1 fully saturated rings. The van der Waals surface area contributed by atoms with E-state index in [2.05, 4.69) is 37.4 Å². The zero-order chi connectivity index (χ0) is 25.3. The number of carbonyl (C=O) groups excluding carboxylic acids is 1. The molecule has 1 unspecified atom stereocenters. The van der Waals surface area contributed by atoms with E-state index >= 15 is 0 Å². The average Bonchev–Trinajstić information content (AvgIpc) is 3.32. The van der Waals surface area contributed by atoms with Crippen LogP contribution in [0.2, 0.25) is 0 Å². The number of benzene rings is 2. The Kier molecular flexibility index (Phi) is 8.30. The van der Waals surface area contributed by atoms with Crippen molar-refractivity contribution >= 4 is 28.9 Å². The van der Waals surface area contributed by atoms with E-state index in [1.165, 1.54) is 19.4 Å². The number of hydrogen-bond acceptors (Lipinski definition) is 8. The topological polar surface area (TPSA) is 101 Å². The highest BCUT2D eigenvalue weighted by molar-refractivity contribution is 5.98. The summed E-state index contributed by atoms with van der Waals surface area (Å²) in [5.41, 5.74) is 2.36. The van der Waals surface area contributed by atoms with Crippen molar-refractivity contribution in [3.63, 3.8) is 0 Å². The van der Waals surface area contributed by atoms with Crippen molar-refractivity contribution in [3.05, 3.63) is 67.4 Å². The van der Waals surface area contributed by atoms with Crippen LogP contribution in [0.15, 0.2) is 67.4 Å². The number of rotatable bonds is 11. The highest BCUT2D eigenvalue weighted by Crippen LogP contribution is 2.31. The molecule has 188 valence electrons. The van der Waals surface area contributed by atoms with Gasteiger partial charge in [0, 0.05) is 48.8 Å². The SMILES string of the molecule is C=CC(=O)Nc1cccc(Oc2nc(Nc3ccc(NC4CCN(CCF)C4)cc3)ncc2OC)c1. The Balaban J connectivity index is 1.41. The van der Waals surface area contributed by atoms with Gasteiger partial charge in [0.05, 0.1) is 13.3 Å². The van der Waals surface area contributed by atoms with Gasteiger partial charge in [0.15, 0.2) is 5.75 Å². The van der Waals surface area contributed by atoms with E-state index in [9.17, 15) is 9.18 Å². The summed E-state index contributed by atoms with van der Waals surface area (Å²) >= 11 is 0. The first-order valence-corrected chi connectivity index (χ1v) is 11.6. The molecule has 3 N–H and O–H groups in total. The fourth-order valence-electron chi connectivity index (χ4n) is 3.86. The first-order chi connectivity index (χ1) is 17.6. The number of aromatic nitrogens is 2. The summed E-state index contributed by atoms with van der Waals surface area (Å²) in [6.45, 7) is 5.38. The van der Waals surface area contributed by atoms with Crippen molar-refractivity contribution in [2.24, 2.45) is 0 Å². The number of methoxy groups -OCH3 is 1. The van der Waals surface area contributed by atoms with Gasteiger partial charge in [-0.15, -0.1) is 0 Å². The summed E-state index contributed by atoms with van der Waals surface area (Å²) < 4.78 is 23.8. The highest BCUT2D eigenvalue weighted by Gasteiger charge is 2.21. The second kappa shape index (κ2) is 12.0. The van der Waals surface area contributed by atoms with E-state index in [1.54, 1.807) is 24.3 Å². The minimum absolute atomic E-state index is 0.222. The standard InChI is InChI=1S/C26H29FN6O3/c1-3-24(34)30-20-5-4-6-22(15-20)36-25-23(35-2)16-28-26(32-25)31-19-9-7-18(8-10-19)29-21-11-13-33(17-21)14-12-27/h3-10,15-16,21,29H,1,11-14,17H2,2H3,(H,30,34)(H,28,31,32). The molecule has 36 heavy (non-hydrogen) atoms. The molecule has 2 aromatic carbocycles. The summed E-state index contributed by atoms with van der Waals surface area (Å²) in [4.78, 5) is 22.5. The molecule has 0 spiro atoms. The molecule has 9 nitrogen and oxygen atoms in total. The summed E-state index contributed by atoms with van der Waals surface area (Å²) in [6, 6.07) is 15.0. The number of alkyl halides is 1. The van der Waals surface area contributed by atoms with Gasteiger partial charge in [-0.2, -0.15) is 4.98 Å². The summed E-state index contributed by atoms with van der Waals surface area (Å²) in [7, 11) is 1.51. The van der Waals surface area contributed by atoms with Crippen molar-refractivity contribution in [2.75, 3.05) is 49.4 Å². The highest BCUT2D eigenvalue weighted by atomic mass is 19.1. The fraction of sp³-hybridized carbons (Fsp3) is 0.269. The summed E-state index contributed by atoms with van der Waals surface area (Å²) in [5, 5.41) is 9.36. The lowest BCUT2D eigenvalue weighted by molar-refractivity contribution is -0.111. The van der Waals surface area contributed by atoms with Crippen molar-refractivity contribution in [1.82, 2.24) is 14.9 Å². The summed E-state index contributed by atoms with van der Waals surface area (Å²) in [6.07, 6.45) is 3.71. The number of hydrogen-bond donors (Lipinski definition) is 3. The maximum absolute atomic E-state index is 12.6. The molecular weight excluding hydrogens is 463 g/mol. The molecule has 1 atom stereocenters. The number of nitrogens with one attached hydrogen (secondary N) is 3. The van der Waals surface area contributed by atoms with E-state index in [1.807, 2.05) is 24.3 Å². The molecule has 1 aliphatic heterocycles. The minimum Gasteiger partial charge on any atom is -0.490 e. The third-order valence-electron chi connectivity index (χ3n) is 5.63. The van der Waals surface area contributed by atoms with Gasteiger partial charge in [-0.1, -0.05) is 12.6 Å². The van der Waals surface area contributed by atoms with Crippen LogP contribution in [-0.2, 0) is 4.79 Å². The zero-order valence-corrected chi connectivity index (χ0v) is 20.0. The third-order valence-corrected chi connectivity index (χ3v) is 5.63. The predicted octanol–water partition coefficient (Wildman–Crippen LogP) is 4.60. The van der Waals surface area contributed by atoms with Gasteiger partial charge in [-0.25, -0.2) is 9.37 Å². The van der Waals surface area contributed by atoms with Gasteiger partial charge >= 0.3 is 0 Å². The quantitative estimate of drug-likeness (QED) is 0.334. The van der Waals surface area contributed by atoms with Gasteiger partial charge in [-0.05, 0) is 48.9 Å². The molecule has 0 saturated carbocycles. The summed E-state index contributed by atoms with van der Waals surface area (Å²) in [5.74, 6) is 1.06. The van der Waals surface area contributed by atoms with Crippen molar-refractivity contribution in [3.8, 4) is 17.4 Å². The van der Waals surface area contributed by atoms with E-state index in [4.69, 9.17) is 9.47 Å². The van der Waals surface area contributed by atoms with Crippen LogP contribution in [0.25, 0.3) is 0 Å². The smallest absolute Gasteiger partial charge is 0.267 e. The normalized spacial score (nSPS) is 15.2. The number of amides is 1. The molecule has 10 heteroatoms. The second-order valence-corrected chi connectivity index (χ2v) is 8.21. The number of likely N-dealkylation sites (tertiary alicyclic amines) is 1. The van der Waals surface area contributed by atoms with E-state index < -0.39 is 0 Å². The van der Waals surface area contributed by atoms with Gasteiger partial charge < -0.3 is 25.4 Å². The number of nitrogens with zero attached hydrogens (tertiary/aromatic N) is 3. The number of carbonyl (C=O) groups is 1. The Hall–Kier alpha value is -4.18. The molecule has 1 aliphatic rings. The Bertz CT molecular complexity index is 1190. The van der Waals surface area contributed by atoms with Gasteiger partial charge in [0.2, 0.25) is 11.9 Å². The molecule has 0 bridgehead atoms. The van der Waals surface area contributed by atoms with Crippen LogP contribution in [-0.4, -0.2) is 60.2 Å². The molecule has 1 saturated heterocycles. The molecular formula is C26H29FN6O3. The molecule has 3 aromatic rings. The third kappa shape index (κ3) is 6.70.